The van der Waals surface area contributed by atoms with Crippen molar-refractivity contribution in [3.05, 3.63) is 96.2 Å². The zero-order chi connectivity index (χ0) is 23.6. The molecule has 170 valence electrons. The predicted octanol–water partition coefficient (Wildman–Crippen LogP) is 4.03. The van der Waals surface area contributed by atoms with E-state index in [0.717, 1.165) is 3.97 Å². The fraction of sp³-hybridized carbons (Fsp3) is 0.125. The van der Waals surface area contributed by atoms with Crippen molar-refractivity contribution in [2.75, 3.05) is 6.61 Å². The van der Waals surface area contributed by atoms with Gasteiger partial charge in [0.1, 0.15) is 0 Å². The highest BCUT2D eigenvalue weighted by molar-refractivity contribution is 7.91. The zero-order valence-corrected chi connectivity index (χ0v) is 19.3. The number of carbonyl (C=O) groups excluding carboxylic acids is 1. The van der Waals surface area contributed by atoms with Crippen molar-refractivity contribution in [2.24, 2.45) is 0 Å². The van der Waals surface area contributed by atoms with Gasteiger partial charge in [-0.2, -0.15) is 0 Å². The molecule has 4 rings (SSSR count). The van der Waals surface area contributed by atoms with Crippen LogP contribution in [0.15, 0.2) is 94.7 Å². The molecule has 0 aliphatic carbocycles. The molecule has 0 N–H and O–H groups in total. The number of esters is 1. The van der Waals surface area contributed by atoms with Crippen LogP contribution >= 0.6 is 0 Å². The van der Waals surface area contributed by atoms with Crippen LogP contribution in [0.25, 0.3) is 10.9 Å². The molecule has 0 saturated heterocycles. The number of nitrogens with zero attached hydrogens (tertiary/aromatic N) is 1. The summed E-state index contributed by atoms with van der Waals surface area (Å²) in [5, 5.41) is 0.300. The fourth-order valence-electron chi connectivity index (χ4n) is 3.69. The third-order valence-corrected chi connectivity index (χ3v) is 8.53. The Morgan fingerprint density at radius 1 is 0.788 bits per heavy atom. The molecule has 0 radical (unpaired) electrons. The number of sulfone groups is 1. The molecule has 0 aliphatic rings. The molecule has 0 aliphatic heterocycles. The lowest BCUT2D eigenvalue weighted by Gasteiger charge is -2.13. The standard InChI is InChI=1S/C24H21NO6S2/c1-2-31-24(26)23-20-15-9-10-16-21(20)25(33(29,30)19-13-7-4-8-14-19)22(23)17-32(27,28)18-11-5-3-6-12-18/h3-16H,2,17H2,1H3. The molecule has 4 aromatic rings. The number of para-hydroxylation sites is 1. The number of carbonyl (C=O) groups is 1. The van der Waals surface area contributed by atoms with Crippen LogP contribution in [0.1, 0.15) is 23.0 Å². The molecule has 0 spiro atoms. The van der Waals surface area contributed by atoms with Crippen LogP contribution in [-0.2, 0) is 30.4 Å². The van der Waals surface area contributed by atoms with E-state index in [-0.39, 0.29) is 33.2 Å². The van der Waals surface area contributed by atoms with Crippen LogP contribution in [0.2, 0.25) is 0 Å². The SMILES string of the molecule is CCOC(=O)c1c(CS(=O)(=O)c2ccccc2)n(S(=O)(=O)c2ccccc2)c2ccccc12. The van der Waals surface area contributed by atoms with E-state index in [2.05, 4.69) is 0 Å². The zero-order valence-electron chi connectivity index (χ0n) is 17.7. The van der Waals surface area contributed by atoms with E-state index < -0.39 is 31.6 Å². The summed E-state index contributed by atoms with van der Waals surface area (Å²) in [5.41, 5.74) is -0.0449. The van der Waals surface area contributed by atoms with Crippen molar-refractivity contribution in [1.82, 2.24) is 3.97 Å². The second-order valence-corrected chi connectivity index (χ2v) is 11.0. The fourth-order valence-corrected chi connectivity index (χ4v) is 6.72. The van der Waals surface area contributed by atoms with Crippen LogP contribution < -0.4 is 0 Å². The van der Waals surface area contributed by atoms with E-state index in [0.29, 0.717) is 5.39 Å². The lowest BCUT2D eigenvalue weighted by molar-refractivity contribution is 0.0527. The molecule has 0 bridgehead atoms. The summed E-state index contributed by atoms with van der Waals surface area (Å²) in [7, 11) is -8.22. The first-order valence-electron chi connectivity index (χ1n) is 10.1. The van der Waals surface area contributed by atoms with Gasteiger partial charge >= 0.3 is 5.97 Å². The number of ether oxygens (including phenoxy) is 1. The van der Waals surface area contributed by atoms with E-state index in [9.17, 15) is 21.6 Å². The topological polar surface area (TPSA) is 99.5 Å². The van der Waals surface area contributed by atoms with Gasteiger partial charge in [0.2, 0.25) is 0 Å². The van der Waals surface area contributed by atoms with Crippen LogP contribution in [0, 0.1) is 0 Å². The van der Waals surface area contributed by atoms with E-state index in [1.54, 1.807) is 61.5 Å². The van der Waals surface area contributed by atoms with Gasteiger partial charge in [-0.1, -0.05) is 54.6 Å². The van der Waals surface area contributed by atoms with Gasteiger partial charge in [0, 0.05) is 5.39 Å². The van der Waals surface area contributed by atoms with Crippen LogP contribution in [0.4, 0.5) is 0 Å². The maximum absolute atomic E-state index is 13.7. The normalized spacial score (nSPS) is 12.0. The summed E-state index contributed by atoms with van der Waals surface area (Å²) in [6.45, 7) is 1.67. The average Bonchev–Trinajstić information content (AvgIpc) is 3.14. The lowest BCUT2D eigenvalue weighted by Crippen LogP contribution is -2.20. The molecule has 0 fully saturated rings. The van der Waals surface area contributed by atoms with Crippen molar-refractivity contribution in [3.63, 3.8) is 0 Å². The van der Waals surface area contributed by atoms with E-state index in [4.69, 9.17) is 4.74 Å². The molecule has 3 aromatic carbocycles. The monoisotopic (exact) mass is 483 g/mol. The maximum Gasteiger partial charge on any atom is 0.340 e. The third kappa shape index (κ3) is 4.17. The minimum absolute atomic E-state index is 0.0220. The molecule has 0 atom stereocenters. The second kappa shape index (κ2) is 8.84. The first-order valence-corrected chi connectivity index (χ1v) is 13.2. The van der Waals surface area contributed by atoms with Crippen LogP contribution in [0.3, 0.4) is 0 Å². The Bertz CT molecular complexity index is 1520. The smallest absolute Gasteiger partial charge is 0.340 e. The van der Waals surface area contributed by atoms with Gasteiger partial charge in [-0.05, 0) is 37.3 Å². The first kappa shape index (κ1) is 22.8. The Hall–Kier alpha value is -3.43. The number of rotatable bonds is 7. The van der Waals surface area contributed by atoms with Crippen LogP contribution in [0.5, 0.6) is 0 Å². The van der Waals surface area contributed by atoms with Gasteiger partial charge < -0.3 is 4.74 Å². The van der Waals surface area contributed by atoms with Gasteiger partial charge in [-0.15, -0.1) is 0 Å². The molecular weight excluding hydrogens is 462 g/mol. The number of benzene rings is 3. The molecule has 1 heterocycles. The second-order valence-electron chi connectivity index (χ2n) is 7.21. The summed E-state index contributed by atoms with van der Waals surface area (Å²) >= 11 is 0. The molecule has 7 nitrogen and oxygen atoms in total. The highest BCUT2D eigenvalue weighted by Crippen LogP contribution is 2.33. The highest BCUT2D eigenvalue weighted by atomic mass is 32.2. The quantitative estimate of drug-likeness (QED) is 0.368. The molecule has 1 aromatic heterocycles. The molecular formula is C24H21NO6S2. The Morgan fingerprint density at radius 2 is 1.33 bits per heavy atom. The number of hydrogen-bond donors (Lipinski definition) is 0. The van der Waals surface area contributed by atoms with Gasteiger partial charge in [-0.3, -0.25) is 0 Å². The van der Waals surface area contributed by atoms with Gasteiger partial charge in [0.15, 0.2) is 9.84 Å². The van der Waals surface area contributed by atoms with E-state index >= 15 is 0 Å². The highest BCUT2D eigenvalue weighted by Gasteiger charge is 2.33. The molecule has 0 unspecified atom stereocenters. The predicted molar refractivity (Wildman–Crippen MR) is 124 cm³/mol. The summed E-state index contributed by atoms with van der Waals surface area (Å²) < 4.78 is 60.1. The lowest BCUT2D eigenvalue weighted by atomic mass is 10.1. The van der Waals surface area contributed by atoms with E-state index in [1.807, 2.05) is 0 Å². The Labute approximate surface area is 192 Å². The van der Waals surface area contributed by atoms with Gasteiger partial charge in [0.05, 0.1) is 38.9 Å². The summed E-state index contributed by atoms with van der Waals surface area (Å²) in [5.74, 6) is -1.49. The summed E-state index contributed by atoms with van der Waals surface area (Å²) in [6, 6.07) is 21.8. The Kier molecular flexibility index (Phi) is 6.09. The van der Waals surface area contributed by atoms with Gasteiger partial charge in [-0.25, -0.2) is 25.6 Å². The molecule has 9 heteroatoms. The summed E-state index contributed by atoms with van der Waals surface area (Å²) in [4.78, 5) is 12.9. The molecule has 0 amide bonds. The maximum atomic E-state index is 13.7. The van der Waals surface area contributed by atoms with Crippen molar-refractivity contribution >= 4 is 36.7 Å². The Morgan fingerprint density at radius 3 is 1.94 bits per heavy atom. The first-order chi connectivity index (χ1) is 15.8. The number of hydrogen-bond acceptors (Lipinski definition) is 6. The third-order valence-electron chi connectivity index (χ3n) is 5.12. The van der Waals surface area contributed by atoms with Crippen LogP contribution in [-0.4, -0.2) is 33.4 Å². The average molecular weight is 484 g/mol. The minimum Gasteiger partial charge on any atom is -0.462 e. The van der Waals surface area contributed by atoms with E-state index in [1.165, 1.54) is 30.3 Å². The molecule has 33 heavy (non-hydrogen) atoms. The van der Waals surface area contributed by atoms with Crippen molar-refractivity contribution in [3.8, 4) is 0 Å². The number of fused-ring (bicyclic) bond motifs is 1. The van der Waals surface area contributed by atoms with Gasteiger partial charge in [0.25, 0.3) is 10.0 Å². The number of aromatic nitrogens is 1. The minimum atomic E-state index is -4.23. The Balaban J connectivity index is 2.06. The van der Waals surface area contributed by atoms with Crippen molar-refractivity contribution in [1.29, 1.82) is 0 Å². The van der Waals surface area contributed by atoms with Crippen molar-refractivity contribution in [2.45, 2.75) is 22.5 Å². The molecule has 0 saturated carbocycles. The largest absolute Gasteiger partial charge is 0.462 e. The summed E-state index contributed by atoms with van der Waals surface area (Å²) in [6.07, 6.45) is 0. The van der Waals surface area contributed by atoms with Crippen molar-refractivity contribution < 1.29 is 26.4 Å².